The van der Waals surface area contributed by atoms with Crippen LogP contribution in [0.2, 0.25) is 0 Å². The van der Waals surface area contributed by atoms with Gasteiger partial charge in [-0.05, 0) is 70.3 Å². The molecule has 120 valence electrons. The van der Waals surface area contributed by atoms with Crippen molar-refractivity contribution in [2.45, 2.75) is 75.9 Å². The van der Waals surface area contributed by atoms with Crippen LogP contribution in [-0.2, 0) is 10.2 Å². The molecule has 4 rings (SSSR count). The number of alkyl carbamates (subject to hydrolysis) is 1. The summed E-state index contributed by atoms with van der Waals surface area (Å²) in [7, 11) is 0. The van der Waals surface area contributed by atoms with Crippen LogP contribution in [0.25, 0.3) is 0 Å². The third kappa shape index (κ3) is 2.99. The number of nitrogens with one attached hydrogen (secondary N) is 1. The van der Waals surface area contributed by atoms with Crippen LogP contribution in [0.5, 0.6) is 0 Å². The third-order valence-electron chi connectivity index (χ3n) is 5.40. The van der Waals surface area contributed by atoms with Gasteiger partial charge in [-0.1, -0.05) is 30.3 Å². The van der Waals surface area contributed by atoms with Gasteiger partial charge in [0.15, 0.2) is 0 Å². The Labute approximate surface area is 133 Å². The summed E-state index contributed by atoms with van der Waals surface area (Å²) in [6, 6.07) is 10.9. The fraction of sp³-hybridized carbons (Fsp3) is 0.632. The number of benzene rings is 1. The zero-order chi connectivity index (χ0) is 15.8. The molecule has 1 amide bonds. The van der Waals surface area contributed by atoms with E-state index in [1.165, 1.54) is 5.56 Å². The first-order valence-corrected chi connectivity index (χ1v) is 8.39. The lowest BCUT2D eigenvalue weighted by Crippen LogP contribution is -2.58. The minimum Gasteiger partial charge on any atom is -0.444 e. The Hall–Kier alpha value is -1.51. The average Bonchev–Trinajstić information content (AvgIpc) is 2.47. The van der Waals surface area contributed by atoms with E-state index in [-0.39, 0.29) is 11.6 Å². The molecule has 3 nitrogen and oxygen atoms in total. The van der Waals surface area contributed by atoms with Crippen LogP contribution in [0.15, 0.2) is 30.3 Å². The summed E-state index contributed by atoms with van der Waals surface area (Å²) in [5.41, 5.74) is 1.33. The van der Waals surface area contributed by atoms with Gasteiger partial charge in [-0.3, -0.25) is 0 Å². The van der Waals surface area contributed by atoms with Crippen molar-refractivity contribution in [3.05, 3.63) is 35.9 Å². The summed E-state index contributed by atoms with van der Waals surface area (Å²) in [5, 5.41) is 3.18. The van der Waals surface area contributed by atoms with Gasteiger partial charge in [0.05, 0.1) is 0 Å². The molecule has 1 aromatic carbocycles. The van der Waals surface area contributed by atoms with E-state index in [2.05, 4.69) is 35.6 Å². The number of ether oxygens (including phenoxy) is 1. The van der Waals surface area contributed by atoms with E-state index >= 15 is 0 Å². The lowest BCUT2D eigenvalue weighted by Gasteiger charge is -2.53. The third-order valence-corrected chi connectivity index (χ3v) is 5.40. The van der Waals surface area contributed by atoms with E-state index in [0.717, 1.165) is 38.5 Å². The molecule has 0 unspecified atom stereocenters. The summed E-state index contributed by atoms with van der Waals surface area (Å²) in [4.78, 5) is 12.1. The highest BCUT2D eigenvalue weighted by Crippen LogP contribution is 2.53. The minimum atomic E-state index is -0.433. The van der Waals surface area contributed by atoms with Gasteiger partial charge in [0, 0.05) is 5.54 Å². The quantitative estimate of drug-likeness (QED) is 0.870. The number of amides is 1. The van der Waals surface area contributed by atoms with Crippen molar-refractivity contribution in [2.75, 3.05) is 0 Å². The Morgan fingerprint density at radius 2 is 1.55 bits per heavy atom. The molecular weight excluding hydrogens is 274 g/mol. The van der Waals surface area contributed by atoms with E-state index in [9.17, 15) is 4.79 Å². The molecular formula is C19H27NO2. The van der Waals surface area contributed by atoms with Crippen molar-refractivity contribution in [1.29, 1.82) is 0 Å². The number of hydrogen-bond donors (Lipinski definition) is 1. The smallest absolute Gasteiger partial charge is 0.408 e. The Morgan fingerprint density at radius 3 is 2.05 bits per heavy atom. The Balaban J connectivity index is 1.67. The molecule has 0 aliphatic heterocycles. The van der Waals surface area contributed by atoms with E-state index in [1.54, 1.807) is 0 Å². The molecule has 3 heteroatoms. The molecule has 0 spiro atoms. The van der Waals surface area contributed by atoms with E-state index in [4.69, 9.17) is 4.74 Å². The molecule has 1 N–H and O–H groups in total. The predicted octanol–water partition coefficient (Wildman–Crippen LogP) is 4.56. The van der Waals surface area contributed by atoms with Gasteiger partial charge in [0.2, 0.25) is 0 Å². The molecule has 2 bridgehead atoms. The summed E-state index contributed by atoms with van der Waals surface area (Å²) < 4.78 is 5.44. The zero-order valence-electron chi connectivity index (χ0n) is 13.9. The monoisotopic (exact) mass is 301 g/mol. The second kappa shape index (κ2) is 5.29. The molecule has 1 aromatic rings. The second-order valence-electron chi connectivity index (χ2n) is 8.05. The Kier molecular flexibility index (Phi) is 3.70. The maximum absolute atomic E-state index is 12.1. The van der Waals surface area contributed by atoms with Gasteiger partial charge in [-0.15, -0.1) is 0 Å². The first kappa shape index (κ1) is 15.4. The summed E-state index contributed by atoms with van der Waals surface area (Å²) in [6.07, 6.45) is 6.39. The molecule has 0 aromatic heterocycles. The standard InChI is InChI=1S/C19H27NO2/c1-17(2,3)22-16(21)20-19-12-9-18(10-13-19,11-14-19)15-7-5-4-6-8-15/h4-8H,9-14H2,1-3H3,(H,20,21). The van der Waals surface area contributed by atoms with Crippen molar-refractivity contribution < 1.29 is 9.53 Å². The van der Waals surface area contributed by atoms with Crippen LogP contribution >= 0.6 is 0 Å². The molecule has 0 atom stereocenters. The highest BCUT2D eigenvalue weighted by atomic mass is 16.6. The van der Waals surface area contributed by atoms with Gasteiger partial charge in [-0.2, -0.15) is 0 Å². The fourth-order valence-electron chi connectivity index (χ4n) is 4.12. The highest BCUT2D eigenvalue weighted by molar-refractivity contribution is 5.69. The van der Waals surface area contributed by atoms with E-state index < -0.39 is 5.60 Å². The molecule has 3 aliphatic carbocycles. The number of hydrogen-bond acceptors (Lipinski definition) is 2. The molecule has 0 heterocycles. The SMILES string of the molecule is CC(C)(C)OC(=O)NC12CCC(c3ccccc3)(CC1)CC2. The van der Waals surface area contributed by atoms with Crippen molar-refractivity contribution in [2.24, 2.45) is 0 Å². The van der Waals surface area contributed by atoms with Crippen LogP contribution in [0, 0.1) is 0 Å². The first-order valence-electron chi connectivity index (χ1n) is 8.39. The fourth-order valence-corrected chi connectivity index (χ4v) is 4.12. The summed E-state index contributed by atoms with van der Waals surface area (Å²) >= 11 is 0. The number of rotatable bonds is 2. The van der Waals surface area contributed by atoms with Crippen LogP contribution in [0.3, 0.4) is 0 Å². The van der Waals surface area contributed by atoms with Crippen LogP contribution in [0.1, 0.15) is 64.9 Å². The second-order valence-corrected chi connectivity index (χ2v) is 8.05. The maximum atomic E-state index is 12.1. The Bertz CT molecular complexity index is 520. The summed E-state index contributed by atoms with van der Waals surface area (Å²) in [6.45, 7) is 5.73. The zero-order valence-corrected chi connectivity index (χ0v) is 13.9. The number of carbonyl (C=O) groups excluding carboxylic acids is 1. The van der Waals surface area contributed by atoms with Gasteiger partial charge < -0.3 is 10.1 Å². The van der Waals surface area contributed by atoms with E-state index in [1.807, 2.05) is 20.8 Å². The first-order chi connectivity index (χ1) is 10.3. The number of carbonyl (C=O) groups is 1. The Morgan fingerprint density at radius 1 is 1.00 bits per heavy atom. The lowest BCUT2D eigenvalue weighted by molar-refractivity contribution is 0.0259. The van der Waals surface area contributed by atoms with Crippen molar-refractivity contribution in [1.82, 2.24) is 5.32 Å². The van der Waals surface area contributed by atoms with E-state index in [0.29, 0.717) is 5.41 Å². The lowest BCUT2D eigenvalue weighted by atomic mass is 9.55. The largest absolute Gasteiger partial charge is 0.444 e. The van der Waals surface area contributed by atoms with Crippen LogP contribution < -0.4 is 5.32 Å². The predicted molar refractivity (Wildman–Crippen MR) is 87.9 cm³/mol. The summed E-state index contributed by atoms with van der Waals surface area (Å²) in [5.74, 6) is 0. The molecule has 0 radical (unpaired) electrons. The molecule has 22 heavy (non-hydrogen) atoms. The molecule has 0 saturated heterocycles. The van der Waals surface area contributed by atoms with Gasteiger partial charge >= 0.3 is 6.09 Å². The van der Waals surface area contributed by atoms with Gasteiger partial charge in [0.1, 0.15) is 5.60 Å². The maximum Gasteiger partial charge on any atom is 0.408 e. The minimum absolute atomic E-state index is 0.0428. The van der Waals surface area contributed by atoms with Crippen molar-refractivity contribution >= 4 is 6.09 Å². The van der Waals surface area contributed by atoms with Crippen molar-refractivity contribution in [3.63, 3.8) is 0 Å². The highest BCUT2D eigenvalue weighted by Gasteiger charge is 2.50. The average molecular weight is 301 g/mol. The number of fused-ring (bicyclic) bond motifs is 3. The normalized spacial score (nSPS) is 30.9. The van der Waals surface area contributed by atoms with Crippen LogP contribution in [-0.4, -0.2) is 17.2 Å². The molecule has 3 aliphatic rings. The van der Waals surface area contributed by atoms with Gasteiger partial charge in [-0.25, -0.2) is 4.79 Å². The van der Waals surface area contributed by atoms with Crippen LogP contribution in [0.4, 0.5) is 4.79 Å². The molecule has 3 fully saturated rings. The molecule has 3 saturated carbocycles. The van der Waals surface area contributed by atoms with Crippen molar-refractivity contribution in [3.8, 4) is 0 Å². The topological polar surface area (TPSA) is 38.3 Å². The van der Waals surface area contributed by atoms with Gasteiger partial charge in [0.25, 0.3) is 0 Å².